The summed E-state index contributed by atoms with van der Waals surface area (Å²) in [5, 5.41) is 0. The van der Waals surface area contributed by atoms with Crippen LogP contribution in [0.25, 0.3) is 0 Å². The molecule has 0 saturated carbocycles. The summed E-state index contributed by atoms with van der Waals surface area (Å²) in [4.78, 5) is 0. The molecule has 2 heteroatoms. The van der Waals surface area contributed by atoms with Crippen LogP contribution in [0.5, 0.6) is 0 Å². The average Bonchev–Trinajstić information content (AvgIpc) is 2.01. The Morgan fingerprint density at radius 3 is 1.60 bits per heavy atom. The minimum atomic E-state index is 0. The maximum Gasteiger partial charge on any atom is 2.00 e. The van der Waals surface area contributed by atoms with Crippen LogP contribution in [0.3, 0.4) is 0 Å². The van der Waals surface area contributed by atoms with Crippen molar-refractivity contribution in [3.8, 4) is 0 Å². The molecule has 0 bridgehead atoms. The minimum Gasteiger partial charge on any atom is -1.00 e. The third-order valence-corrected chi connectivity index (χ3v) is 2.43. The van der Waals surface area contributed by atoms with E-state index < -0.39 is 0 Å². The Kier molecular flexibility index (Phi) is 18.7. The van der Waals surface area contributed by atoms with Gasteiger partial charge in [-0.25, -0.2) is 0 Å². The quantitative estimate of drug-likeness (QED) is 0.362. The number of hydrogen-bond acceptors (Lipinski definition) is 0. The summed E-state index contributed by atoms with van der Waals surface area (Å²) in [6, 6.07) is 0. The van der Waals surface area contributed by atoms with Gasteiger partial charge in [0.25, 0.3) is 0 Å². The normalized spacial score (nSPS) is 10.4. The molecule has 0 fully saturated rings. The van der Waals surface area contributed by atoms with Crippen molar-refractivity contribution >= 4 is 23.1 Å². The largest absolute Gasteiger partial charge is 2.00 e. The van der Waals surface area contributed by atoms with E-state index in [2.05, 4.69) is 27.7 Å². The van der Waals surface area contributed by atoms with Crippen LogP contribution in [0.15, 0.2) is 0 Å². The average molecular weight is 243 g/mol. The molecule has 0 aliphatic carbocycles. The number of unbranched alkanes of at least 4 members (excludes halogenated alkanes) is 6. The van der Waals surface area contributed by atoms with Crippen LogP contribution in [0.1, 0.15) is 72.1 Å². The fourth-order valence-electron chi connectivity index (χ4n) is 1.54. The van der Waals surface area contributed by atoms with Crippen molar-refractivity contribution in [3.63, 3.8) is 0 Å². The maximum atomic E-state index is 3.85. The molecule has 0 aliphatic rings. The van der Waals surface area contributed by atoms with Gasteiger partial charge in [-0.15, -0.1) is 0 Å². The molecule has 0 heterocycles. The van der Waals surface area contributed by atoms with E-state index in [1.54, 1.807) is 0 Å². The van der Waals surface area contributed by atoms with Crippen LogP contribution < -0.4 is 12.4 Å². The first-order valence-electron chi connectivity index (χ1n) is 5.85. The molecule has 15 heavy (non-hydrogen) atoms. The van der Waals surface area contributed by atoms with Crippen LogP contribution >= 0.6 is 0 Å². The molecule has 0 atom stereocenters. The van der Waals surface area contributed by atoms with Gasteiger partial charge in [0.2, 0.25) is 0 Å². The maximum absolute atomic E-state index is 3.85. The molecule has 88 valence electrons. The molecule has 0 aromatic carbocycles. The Balaban J connectivity index is -0.000000720. The van der Waals surface area contributed by atoms with Crippen LogP contribution in [-0.4, -0.2) is 23.1 Å². The van der Waals surface area contributed by atoms with Gasteiger partial charge in [0.05, 0.1) is 0 Å². The molecule has 0 aromatic heterocycles. The van der Waals surface area contributed by atoms with Crippen LogP contribution in [0, 0.1) is 12.3 Å². The first kappa shape index (κ1) is 21.4. The number of rotatable bonds is 7. The molecule has 0 amide bonds. The second-order valence-electron chi connectivity index (χ2n) is 5.29. The summed E-state index contributed by atoms with van der Waals surface area (Å²) in [6.45, 7) is 10.8. The van der Waals surface area contributed by atoms with E-state index in [1.165, 1.54) is 44.9 Å². The Hall–Kier alpha value is 1.06. The Labute approximate surface area is 120 Å². The molecule has 0 radical (unpaired) electrons. The van der Waals surface area contributed by atoms with E-state index in [0.717, 1.165) is 6.42 Å². The van der Waals surface area contributed by atoms with Gasteiger partial charge in [0, 0.05) is 0 Å². The fourth-order valence-corrected chi connectivity index (χ4v) is 1.54. The summed E-state index contributed by atoms with van der Waals surface area (Å²) < 4.78 is 0. The monoisotopic (exact) mass is 242 g/mol. The molecule has 0 spiro atoms. The molecule has 0 saturated heterocycles. The summed E-state index contributed by atoms with van der Waals surface area (Å²) in [5.74, 6) is 0. The van der Waals surface area contributed by atoms with Crippen molar-refractivity contribution in [3.05, 3.63) is 6.92 Å². The van der Waals surface area contributed by atoms with E-state index in [4.69, 9.17) is 0 Å². The van der Waals surface area contributed by atoms with Crippen molar-refractivity contribution in [2.75, 3.05) is 0 Å². The Morgan fingerprint density at radius 1 is 0.800 bits per heavy atom. The third-order valence-electron chi connectivity index (χ3n) is 2.43. The standard InChI is InChI=1S/C13H27.ClH.Mg/c1-5-6-7-8-9-10-11-12-13(2,3)4;;/h1,5-12H2,2-4H3;1H;/q-1;;+2/p-1. The van der Waals surface area contributed by atoms with E-state index in [1.807, 2.05) is 0 Å². The molecule has 0 rings (SSSR count). The number of halogens is 1. The second kappa shape index (κ2) is 13.1. The smallest absolute Gasteiger partial charge is 1.00 e. The van der Waals surface area contributed by atoms with Crippen LogP contribution in [0.4, 0.5) is 0 Å². The van der Waals surface area contributed by atoms with Gasteiger partial charge >= 0.3 is 23.1 Å². The van der Waals surface area contributed by atoms with Gasteiger partial charge in [-0.2, -0.15) is 6.42 Å². The number of hydrogen-bond donors (Lipinski definition) is 0. The third kappa shape index (κ3) is 21.0. The van der Waals surface area contributed by atoms with Crippen LogP contribution in [-0.2, 0) is 0 Å². The van der Waals surface area contributed by atoms with E-state index in [9.17, 15) is 0 Å². The van der Waals surface area contributed by atoms with Crippen molar-refractivity contribution in [2.45, 2.75) is 72.1 Å². The van der Waals surface area contributed by atoms with Crippen molar-refractivity contribution < 1.29 is 12.4 Å². The molecule has 0 nitrogen and oxygen atoms in total. The molecule has 0 N–H and O–H groups in total. The van der Waals surface area contributed by atoms with Gasteiger partial charge in [-0.05, 0) is 11.8 Å². The fraction of sp³-hybridized carbons (Fsp3) is 0.923. The van der Waals surface area contributed by atoms with Gasteiger partial charge < -0.3 is 19.3 Å². The molecular formula is C13H27ClMg. The zero-order chi connectivity index (χ0) is 10.2. The van der Waals surface area contributed by atoms with Gasteiger partial charge in [0.15, 0.2) is 0 Å². The molecule has 0 aromatic rings. The first-order valence-corrected chi connectivity index (χ1v) is 5.85. The van der Waals surface area contributed by atoms with E-state index in [-0.39, 0.29) is 35.5 Å². The zero-order valence-electron chi connectivity index (χ0n) is 10.9. The van der Waals surface area contributed by atoms with Crippen molar-refractivity contribution in [2.24, 2.45) is 5.41 Å². The summed E-state index contributed by atoms with van der Waals surface area (Å²) >= 11 is 0. The van der Waals surface area contributed by atoms with Gasteiger partial charge in [-0.1, -0.05) is 59.3 Å². The predicted molar refractivity (Wildman–Crippen MR) is 67.5 cm³/mol. The molecular weight excluding hydrogens is 216 g/mol. The predicted octanol–water partition coefficient (Wildman–Crippen LogP) is 1.61. The van der Waals surface area contributed by atoms with E-state index >= 15 is 0 Å². The topological polar surface area (TPSA) is 0 Å². The molecule has 0 aliphatic heterocycles. The summed E-state index contributed by atoms with van der Waals surface area (Å²) in [5.41, 5.74) is 0.535. The van der Waals surface area contributed by atoms with Crippen molar-refractivity contribution in [1.29, 1.82) is 0 Å². The summed E-state index contributed by atoms with van der Waals surface area (Å²) in [6.07, 6.45) is 10.9. The van der Waals surface area contributed by atoms with Crippen molar-refractivity contribution in [1.82, 2.24) is 0 Å². The zero-order valence-corrected chi connectivity index (χ0v) is 13.1. The van der Waals surface area contributed by atoms with Gasteiger partial charge in [-0.3, -0.25) is 0 Å². The SMILES string of the molecule is [CH2-]CCCCCCCCC(C)(C)C.[Cl-].[Mg+2]. The summed E-state index contributed by atoms with van der Waals surface area (Å²) in [7, 11) is 0. The second-order valence-corrected chi connectivity index (χ2v) is 5.29. The van der Waals surface area contributed by atoms with Gasteiger partial charge in [0.1, 0.15) is 0 Å². The molecule has 0 unspecified atom stereocenters. The van der Waals surface area contributed by atoms with E-state index in [0.29, 0.717) is 5.41 Å². The Bertz CT molecular complexity index is 108. The van der Waals surface area contributed by atoms with Crippen LogP contribution in [0.2, 0.25) is 0 Å². The minimum absolute atomic E-state index is 0. The Morgan fingerprint density at radius 2 is 1.20 bits per heavy atom. The first-order chi connectivity index (χ1) is 6.06.